The minimum atomic E-state index is -0.220. The lowest BCUT2D eigenvalue weighted by molar-refractivity contribution is -0.116. The Labute approximate surface area is 207 Å². The molecule has 33 heavy (non-hydrogen) atoms. The minimum absolute atomic E-state index is 0.0385. The van der Waals surface area contributed by atoms with Gasteiger partial charge in [0.25, 0.3) is 0 Å². The van der Waals surface area contributed by atoms with E-state index in [1.54, 1.807) is 18.2 Å². The van der Waals surface area contributed by atoms with Crippen LogP contribution in [0.15, 0.2) is 60.7 Å². The van der Waals surface area contributed by atoms with Gasteiger partial charge in [-0.05, 0) is 86.1 Å². The van der Waals surface area contributed by atoms with Gasteiger partial charge in [0.15, 0.2) is 5.82 Å². The van der Waals surface area contributed by atoms with E-state index >= 15 is 0 Å². The molecular formula is C25H22Cl2N4OS. The molecule has 8 heteroatoms. The molecule has 0 fully saturated rings. The Morgan fingerprint density at radius 1 is 1.03 bits per heavy atom. The van der Waals surface area contributed by atoms with Crippen LogP contribution < -0.4 is 5.32 Å². The molecule has 5 nitrogen and oxygen atoms in total. The van der Waals surface area contributed by atoms with Crippen molar-refractivity contribution in [1.29, 1.82) is 0 Å². The summed E-state index contributed by atoms with van der Waals surface area (Å²) in [5, 5.41) is 8.62. The van der Waals surface area contributed by atoms with Crippen LogP contribution >= 0.6 is 35.4 Å². The number of hydrogen-bond donors (Lipinski definition) is 1. The highest BCUT2D eigenvalue weighted by molar-refractivity contribution is 7.71. The average Bonchev–Trinajstić information content (AvgIpc) is 3.07. The molecule has 4 aromatic rings. The Bertz CT molecular complexity index is 1420. The second-order valence-corrected chi connectivity index (χ2v) is 9.07. The summed E-state index contributed by atoms with van der Waals surface area (Å²) < 4.78 is 3.72. The minimum Gasteiger partial charge on any atom is -0.324 e. The second-order valence-electron chi connectivity index (χ2n) is 7.86. The lowest BCUT2D eigenvalue weighted by Gasteiger charge is -2.10. The summed E-state index contributed by atoms with van der Waals surface area (Å²) in [6, 6.07) is 18.9. The predicted octanol–water partition coefficient (Wildman–Crippen LogP) is 6.94. The number of anilines is 1. The number of aromatic nitrogens is 3. The SMILES string of the molecule is Cc1cccc(-n2c(-c3ccc(Cl)cc3Cl)nn(CC(=O)Nc3cccc(C)c3C)c2=S)c1. The number of carbonyl (C=O) groups is 1. The Morgan fingerprint density at radius 3 is 2.52 bits per heavy atom. The van der Waals surface area contributed by atoms with Gasteiger partial charge in [0.2, 0.25) is 10.7 Å². The van der Waals surface area contributed by atoms with Crippen LogP contribution in [0.1, 0.15) is 16.7 Å². The standard InChI is InChI=1S/C25H22Cl2N4OS/c1-15-6-4-8-19(12-15)31-24(20-11-10-18(26)13-21(20)27)29-30(25(31)33)14-23(32)28-22-9-5-7-16(2)17(22)3/h4-13H,14H2,1-3H3,(H,28,32). The first-order chi connectivity index (χ1) is 15.7. The summed E-state index contributed by atoms with van der Waals surface area (Å²) in [7, 11) is 0. The van der Waals surface area contributed by atoms with Crippen molar-refractivity contribution in [3.8, 4) is 17.1 Å². The predicted molar refractivity (Wildman–Crippen MR) is 137 cm³/mol. The number of amides is 1. The zero-order chi connectivity index (χ0) is 23.7. The molecule has 4 rings (SSSR count). The Balaban J connectivity index is 1.77. The molecule has 1 N–H and O–H groups in total. The third-order valence-electron chi connectivity index (χ3n) is 5.44. The quantitative estimate of drug-likeness (QED) is 0.304. The lowest BCUT2D eigenvalue weighted by atomic mass is 10.1. The maximum Gasteiger partial charge on any atom is 0.246 e. The van der Waals surface area contributed by atoms with Gasteiger partial charge in [-0.15, -0.1) is 0 Å². The maximum atomic E-state index is 12.9. The highest BCUT2D eigenvalue weighted by atomic mass is 35.5. The van der Waals surface area contributed by atoms with Gasteiger partial charge in [-0.3, -0.25) is 9.36 Å². The molecule has 0 radical (unpaired) electrons. The number of nitrogens with zero attached hydrogens (tertiary/aromatic N) is 3. The van der Waals surface area contributed by atoms with E-state index in [4.69, 9.17) is 35.4 Å². The van der Waals surface area contributed by atoms with E-state index in [2.05, 4.69) is 10.4 Å². The van der Waals surface area contributed by atoms with Crippen LogP contribution in [-0.2, 0) is 11.3 Å². The Morgan fingerprint density at radius 2 is 1.79 bits per heavy atom. The molecule has 0 saturated carbocycles. The number of benzene rings is 3. The van der Waals surface area contributed by atoms with Gasteiger partial charge in [-0.25, -0.2) is 4.68 Å². The molecule has 0 aliphatic heterocycles. The molecule has 3 aromatic carbocycles. The van der Waals surface area contributed by atoms with Gasteiger partial charge in [0.1, 0.15) is 6.54 Å². The summed E-state index contributed by atoms with van der Waals surface area (Å²) in [5.74, 6) is 0.314. The van der Waals surface area contributed by atoms with E-state index in [-0.39, 0.29) is 12.5 Å². The van der Waals surface area contributed by atoms with Crippen molar-refractivity contribution in [3.05, 3.63) is 92.2 Å². The van der Waals surface area contributed by atoms with Gasteiger partial charge in [-0.1, -0.05) is 47.5 Å². The lowest BCUT2D eigenvalue weighted by Crippen LogP contribution is -2.20. The fraction of sp³-hybridized carbons (Fsp3) is 0.160. The van der Waals surface area contributed by atoms with Crippen LogP contribution in [0.2, 0.25) is 10.0 Å². The van der Waals surface area contributed by atoms with Gasteiger partial charge in [0.05, 0.1) is 10.7 Å². The second kappa shape index (κ2) is 9.51. The van der Waals surface area contributed by atoms with Crippen LogP contribution in [0.5, 0.6) is 0 Å². The van der Waals surface area contributed by atoms with E-state index in [1.807, 2.05) is 67.8 Å². The Hall–Kier alpha value is -2.93. The van der Waals surface area contributed by atoms with Crippen LogP contribution in [0, 0.1) is 25.5 Å². The third-order valence-corrected chi connectivity index (χ3v) is 6.38. The fourth-order valence-electron chi connectivity index (χ4n) is 3.57. The van der Waals surface area contributed by atoms with E-state index < -0.39 is 0 Å². The summed E-state index contributed by atoms with van der Waals surface area (Å²) in [6.07, 6.45) is 0. The first-order valence-electron chi connectivity index (χ1n) is 10.3. The van der Waals surface area contributed by atoms with Gasteiger partial charge < -0.3 is 5.32 Å². The van der Waals surface area contributed by atoms with E-state index in [0.717, 1.165) is 28.1 Å². The number of carbonyl (C=O) groups excluding carboxylic acids is 1. The smallest absolute Gasteiger partial charge is 0.246 e. The molecule has 0 unspecified atom stereocenters. The zero-order valence-corrected chi connectivity index (χ0v) is 20.7. The van der Waals surface area contributed by atoms with Crippen LogP contribution in [-0.4, -0.2) is 20.3 Å². The molecular weight excluding hydrogens is 475 g/mol. The van der Waals surface area contributed by atoms with Crippen molar-refractivity contribution in [2.75, 3.05) is 5.32 Å². The van der Waals surface area contributed by atoms with Gasteiger partial charge in [-0.2, -0.15) is 5.10 Å². The van der Waals surface area contributed by atoms with Crippen molar-refractivity contribution in [2.24, 2.45) is 0 Å². The molecule has 0 aliphatic rings. The molecule has 1 heterocycles. The van der Waals surface area contributed by atoms with Crippen LogP contribution in [0.3, 0.4) is 0 Å². The highest BCUT2D eigenvalue weighted by Crippen LogP contribution is 2.31. The number of nitrogens with one attached hydrogen (secondary N) is 1. The summed E-state index contributed by atoms with van der Waals surface area (Å²) >= 11 is 18.4. The van der Waals surface area contributed by atoms with Crippen molar-refractivity contribution < 1.29 is 4.79 Å². The van der Waals surface area contributed by atoms with Crippen molar-refractivity contribution in [1.82, 2.24) is 14.3 Å². The number of halogens is 2. The highest BCUT2D eigenvalue weighted by Gasteiger charge is 2.19. The van der Waals surface area contributed by atoms with Crippen molar-refractivity contribution >= 4 is 47.0 Å². The van der Waals surface area contributed by atoms with E-state index in [9.17, 15) is 4.79 Å². The molecule has 0 spiro atoms. The normalized spacial score (nSPS) is 10.9. The topological polar surface area (TPSA) is 51.9 Å². The Kier molecular flexibility index (Phi) is 6.70. The van der Waals surface area contributed by atoms with Crippen LogP contribution in [0.25, 0.3) is 17.1 Å². The monoisotopic (exact) mass is 496 g/mol. The molecule has 168 valence electrons. The number of aryl methyl sites for hydroxylation is 2. The fourth-order valence-corrected chi connectivity index (χ4v) is 4.36. The largest absolute Gasteiger partial charge is 0.324 e. The van der Waals surface area contributed by atoms with E-state index in [0.29, 0.717) is 26.2 Å². The average molecular weight is 497 g/mol. The molecule has 0 atom stereocenters. The van der Waals surface area contributed by atoms with Crippen LogP contribution in [0.4, 0.5) is 5.69 Å². The first-order valence-corrected chi connectivity index (χ1v) is 11.5. The number of hydrogen-bond acceptors (Lipinski definition) is 3. The molecule has 0 saturated heterocycles. The zero-order valence-electron chi connectivity index (χ0n) is 18.4. The summed E-state index contributed by atoms with van der Waals surface area (Å²) in [4.78, 5) is 12.9. The maximum absolute atomic E-state index is 12.9. The van der Waals surface area contributed by atoms with E-state index in [1.165, 1.54) is 4.68 Å². The summed E-state index contributed by atoms with van der Waals surface area (Å²) in [5.41, 5.74) is 5.47. The molecule has 1 amide bonds. The van der Waals surface area contributed by atoms with Gasteiger partial charge >= 0.3 is 0 Å². The first kappa shape index (κ1) is 23.2. The third kappa shape index (κ3) is 4.88. The summed E-state index contributed by atoms with van der Waals surface area (Å²) in [6.45, 7) is 5.95. The molecule has 0 aliphatic carbocycles. The van der Waals surface area contributed by atoms with Crippen molar-refractivity contribution in [2.45, 2.75) is 27.3 Å². The van der Waals surface area contributed by atoms with Gasteiger partial charge in [0, 0.05) is 16.3 Å². The van der Waals surface area contributed by atoms with Crippen molar-refractivity contribution in [3.63, 3.8) is 0 Å². The molecule has 1 aromatic heterocycles. The number of rotatable bonds is 5. The molecule has 0 bridgehead atoms.